The highest BCUT2D eigenvalue weighted by atomic mass is 127. The number of ether oxygens (including phenoxy) is 1. The predicted molar refractivity (Wildman–Crippen MR) is 114 cm³/mol. The maximum atomic E-state index is 13.1. The highest BCUT2D eigenvalue weighted by Gasteiger charge is 2.36. The van der Waals surface area contributed by atoms with Gasteiger partial charge in [-0.25, -0.2) is 14.7 Å². The number of alkyl halides is 3. The van der Waals surface area contributed by atoms with Crippen LogP contribution in [0.25, 0.3) is 0 Å². The largest absolute Gasteiger partial charge is 0.435 e. The van der Waals surface area contributed by atoms with E-state index in [0.717, 1.165) is 23.3 Å². The van der Waals surface area contributed by atoms with Gasteiger partial charge in [-0.3, -0.25) is 4.68 Å². The molecular formula is C17H26F3IN8O. The van der Waals surface area contributed by atoms with Crippen molar-refractivity contribution in [3.63, 3.8) is 0 Å². The first-order chi connectivity index (χ1) is 13.8. The van der Waals surface area contributed by atoms with Crippen molar-refractivity contribution in [2.75, 3.05) is 13.7 Å². The third-order valence-electron chi connectivity index (χ3n) is 4.44. The molecule has 0 fully saturated rings. The second kappa shape index (κ2) is 10.4. The van der Waals surface area contributed by atoms with Gasteiger partial charge < -0.3 is 15.4 Å². The molecule has 9 nitrogen and oxygen atoms in total. The zero-order valence-electron chi connectivity index (χ0n) is 17.0. The standard InChI is InChI=1S/C17H25F3N8O.HI/c1-4-21-16(22-7-11-8-27(2)26-15(11)17(18,19)20)23-12-5-6-14-24-13(10-29-3)25-28(14)9-12;/h8,12H,4-7,9-10H2,1-3H3,(H2,21,22,23);1H. The number of nitrogens with zero attached hydrogens (tertiary/aromatic N) is 6. The molecule has 1 aliphatic rings. The molecule has 1 aliphatic heterocycles. The van der Waals surface area contributed by atoms with Crippen LogP contribution in [0.2, 0.25) is 0 Å². The van der Waals surface area contributed by atoms with Crippen LogP contribution in [0, 0.1) is 0 Å². The fourth-order valence-electron chi connectivity index (χ4n) is 3.24. The summed E-state index contributed by atoms with van der Waals surface area (Å²) in [5.41, 5.74) is -0.876. The Morgan fingerprint density at radius 1 is 1.37 bits per heavy atom. The average molecular weight is 542 g/mol. The van der Waals surface area contributed by atoms with Crippen molar-refractivity contribution < 1.29 is 17.9 Å². The molecule has 2 aromatic heterocycles. The summed E-state index contributed by atoms with van der Waals surface area (Å²) in [6, 6.07) is 0.0355. The maximum absolute atomic E-state index is 13.1. The van der Waals surface area contributed by atoms with Gasteiger partial charge in [0.1, 0.15) is 12.4 Å². The van der Waals surface area contributed by atoms with Gasteiger partial charge in [0.25, 0.3) is 0 Å². The molecule has 0 saturated carbocycles. The highest BCUT2D eigenvalue weighted by Crippen LogP contribution is 2.30. The van der Waals surface area contributed by atoms with Gasteiger partial charge >= 0.3 is 6.18 Å². The summed E-state index contributed by atoms with van der Waals surface area (Å²) in [4.78, 5) is 8.77. The lowest BCUT2D eigenvalue weighted by molar-refractivity contribution is -0.142. The number of halogens is 4. The third-order valence-corrected chi connectivity index (χ3v) is 4.44. The Kier molecular flexibility index (Phi) is 8.46. The number of guanidine groups is 1. The summed E-state index contributed by atoms with van der Waals surface area (Å²) in [5, 5.41) is 14.3. The fraction of sp³-hybridized carbons (Fsp3) is 0.647. The Morgan fingerprint density at radius 3 is 2.80 bits per heavy atom. The summed E-state index contributed by atoms with van der Waals surface area (Å²) in [6.45, 7) is 3.31. The monoisotopic (exact) mass is 542 g/mol. The molecule has 0 saturated heterocycles. The van der Waals surface area contributed by atoms with E-state index in [9.17, 15) is 13.2 Å². The SMILES string of the molecule is CCNC(=NCc1cn(C)nc1C(F)(F)F)NC1CCc2nc(COC)nn2C1.I. The van der Waals surface area contributed by atoms with E-state index in [-0.39, 0.29) is 42.1 Å². The van der Waals surface area contributed by atoms with Gasteiger partial charge in [-0.15, -0.1) is 24.0 Å². The maximum Gasteiger partial charge on any atom is 0.435 e. The van der Waals surface area contributed by atoms with E-state index in [2.05, 4.69) is 30.8 Å². The van der Waals surface area contributed by atoms with Crippen LogP contribution in [0.5, 0.6) is 0 Å². The van der Waals surface area contributed by atoms with Crippen molar-refractivity contribution in [2.45, 2.75) is 51.7 Å². The quantitative estimate of drug-likeness (QED) is 0.329. The first kappa shape index (κ1) is 24.4. The molecule has 3 rings (SSSR count). The van der Waals surface area contributed by atoms with Gasteiger partial charge in [-0.2, -0.15) is 23.4 Å². The van der Waals surface area contributed by atoms with Crippen LogP contribution in [0.4, 0.5) is 13.2 Å². The summed E-state index contributed by atoms with van der Waals surface area (Å²) >= 11 is 0. The van der Waals surface area contributed by atoms with E-state index in [1.807, 2.05) is 11.6 Å². The zero-order valence-corrected chi connectivity index (χ0v) is 19.4. The molecule has 0 bridgehead atoms. The number of aryl methyl sites for hydroxylation is 2. The molecule has 2 N–H and O–H groups in total. The lowest BCUT2D eigenvalue weighted by Gasteiger charge is -2.25. The van der Waals surface area contributed by atoms with Crippen LogP contribution in [0.15, 0.2) is 11.2 Å². The van der Waals surface area contributed by atoms with Gasteiger partial charge in [0.15, 0.2) is 17.5 Å². The minimum atomic E-state index is -4.51. The van der Waals surface area contributed by atoms with Crippen molar-refractivity contribution in [1.29, 1.82) is 0 Å². The van der Waals surface area contributed by atoms with Crippen molar-refractivity contribution in [3.8, 4) is 0 Å². The van der Waals surface area contributed by atoms with Crippen molar-refractivity contribution in [2.24, 2.45) is 12.0 Å². The molecule has 0 aliphatic carbocycles. The molecule has 1 unspecified atom stereocenters. The van der Waals surface area contributed by atoms with E-state index >= 15 is 0 Å². The predicted octanol–water partition coefficient (Wildman–Crippen LogP) is 1.86. The van der Waals surface area contributed by atoms with Gasteiger partial charge in [-0.05, 0) is 13.3 Å². The number of fused-ring (bicyclic) bond motifs is 1. The number of aliphatic imine (C=N–C) groups is 1. The van der Waals surface area contributed by atoms with Gasteiger partial charge in [0, 0.05) is 44.9 Å². The number of rotatable bonds is 6. The molecular weight excluding hydrogens is 516 g/mol. The highest BCUT2D eigenvalue weighted by molar-refractivity contribution is 14.0. The Bertz CT molecular complexity index is 864. The zero-order chi connectivity index (χ0) is 21.0. The number of aromatic nitrogens is 5. The second-order valence-corrected chi connectivity index (χ2v) is 6.81. The van der Waals surface area contributed by atoms with Crippen LogP contribution in [0.3, 0.4) is 0 Å². The molecule has 168 valence electrons. The van der Waals surface area contributed by atoms with E-state index in [4.69, 9.17) is 4.74 Å². The Hall–Kier alpha value is -1.90. The molecule has 3 heterocycles. The molecule has 1 atom stereocenters. The second-order valence-electron chi connectivity index (χ2n) is 6.81. The molecule has 0 spiro atoms. The Balaban J connectivity index is 0.00000320. The molecule has 2 aromatic rings. The molecule has 0 amide bonds. The van der Waals surface area contributed by atoms with Crippen LogP contribution >= 0.6 is 24.0 Å². The van der Waals surface area contributed by atoms with Crippen LogP contribution in [-0.4, -0.2) is 50.2 Å². The van der Waals surface area contributed by atoms with E-state index < -0.39 is 11.9 Å². The fourth-order valence-corrected chi connectivity index (χ4v) is 3.24. The Labute approximate surface area is 189 Å². The van der Waals surface area contributed by atoms with Crippen LogP contribution < -0.4 is 10.6 Å². The molecule has 30 heavy (non-hydrogen) atoms. The Morgan fingerprint density at radius 2 is 2.13 bits per heavy atom. The van der Waals surface area contributed by atoms with E-state index in [0.29, 0.717) is 31.5 Å². The average Bonchev–Trinajstić information content (AvgIpc) is 3.22. The summed E-state index contributed by atoms with van der Waals surface area (Å²) < 4.78 is 47.4. The summed E-state index contributed by atoms with van der Waals surface area (Å²) in [5.74, 6) is 2.00. The lowest BCUT2D eigenvalue weighted by Crippen LogP contribution is -2.47. The van der Waals surface area contributed by atoms with Crippen LogP contribution in [0.1, 0.15) is 36.3 Å². The van der Waals surface area contributed by atoms with E-state index in [1.54, 1.807) is 7.11 Å². The number of hydrogen-bond acceptors (Lipinski definition) is 5. The summed E-state index contributed by atoms with van der Waals surface area (Å²) in [7, 11) is 3.05. The number of methoxy groups -OCH3 is 1. The van der Waals surface area contributed by atoms with Crippen molar-refractivity contribution in [3.05, 3.63) is 29.1 Å². The third kappa shape index (κ3) is 6.06. The van der Waals surface area contributed by atoms with Crippen molar-refractivity contribution >= 4 is 29.9 Å². The van der Waals surface area contributed by atoms with E-state index in [1.165, 1.54) is 13.2 Å². The normalized spacial score (nSPS) is 16.7. The minimum Gasteiger partial charge on any atom is -0.377 e. The molecule has 0 radical (unpaired) electrons. The molecule has 13 heteroatoms. The first-order valence-corrected chi connectivity index (χ1v) is 9.36. The lowest BCUT2D eigenvalue weighted by atomic mass is 10.1. The number of hydrogen-bond donors (Lipinski definition) is 2. The van der Waals surface area contributed by atoms with Gasteiger partial charge in [-0.1, -0.05) is 0 Å². The first-order valence-electron chi connectivity index (χ1n) is 9.36. The number of nitrogens with one attached hydrogen (secondary N) is 2. The van der Waals surface area contributed by atoms with Gasteiger partial charge in [0.2, 0.25) is 0 Å². The smallest absolute Gasteiger partial charge is 0.377 e. The summed E-state index contributed by atoms with van der Waals surface area (Å²) in [6.07, 6.45) is -1.61. The van der Waals surface area contributed by atoms with Gasteiger partial charge in [0.05, 0.1) is 13.1 Å². The minimum absolute atomic E-state index is 0. The molecule has 0 aromatic carbocycles. The van der Waals surface area contributed by atoms with Crippen molar-refractivity contribution in [1.82, 2.24) is 35.2 Å². The van der Waals surface area contributed by atoms with Crippen LogP contribution in [-0.2, 0) is 44.1 Å². The topological polar surface area (TPSA) is 94.2 Å².